The Balaban J connectivity index is 2.14. The molecule has 0 bridgehead atoms. The number of phenols is 2. The molecular formula is C11H11N3O3S. The van der Waals surface area contributed by atoms with E-state index in [4.69, 9.17) is 5.11 Å². The van der Waals surface area contributed by atoms with Crippen molar-refractivity contribution in [2.75, 3.05) is 5.32 Å². The summed E-state index contributed by atoms with van der Waals surface area (Å²) in [7, 11) is 0. The van der Waals surface area contributed by atoms with Crippen molar-refractivity contribution >= 4 is 22.4 Å². The maximum absolute atomic E-state index is 11.8. The molecule has 0 aliphatic heterocycles. The quantitative estimate of drug-likeness (QED) is 0.735. The molecule has 0 radical (unpaired) electrons. The first kappa shape index (κ1) is 12.3. The second kappa shape index (κ2) is 5.01. The number of carbonyl (C=O) groups excluding carboxylic acids is 1. The third-order valence-electron chi connectivity index (χ3n) is 2.23. The Hall–Kier alpha value is -2.15. The van der Waals surface area contributed by atoms with Crippen molar-refractivity contribution in [3.63, 3.8) is 0 Å². The maximum Gasteiger partial charge on any atom is 0.257 e. The molecule has 7 heteroatoms. The molecule has 0 saturated heterocycles. The molecule has 6 nitrogen and oxygen atoms in total. The van der Waals surface area contributed by atoms with Crippen molar-refractivity contribution in [2.24, 2.45) is 0 Å². The third kappa shape index (κ3) is 2.57. The van der Waals surface area contributed by atoms with Gasteiger partial charge in [-0.1, -0.05) is 18.3 Å². The highest BCUT2D eigenvalue weighted by Gasteiger charge is 2.11. The molecule has 0 aliphatic rings. The van der Waals surface area contributed by atoms with Gasteiger partial charge in [0.15, 0.2) is 11.5 Å². The van der Waals surface area contributed by atoms with E-state index in [0.29, 0.717) is 5.13 Å². The van der Waals surface area contributed by atoms with Crippen molar-refractivity contribution in [2.45, 2.75) is 13.3 Å². The second-order valence-corrected chi connectivity index (χ2v) is 4.57. The van der Waals surface area contributed by atoms with Gasteiger partial charge in [0.1, 0.15) is 5.01 Å². The summed E-state index contributed by atoms with van der Waals surface area (Å²) < 4.78 is 0. The zero-order valence-corrected chi connectivity index (χ0v) is 10.4. The van der Waals surface area contributed by atoms with Crippen LogP contribution in [0, 0.1) is 0 Å². The minimum atomic E-state index is -0.413. The number of amides is 1. The van der Waals surface area contributed by atoms with Crippen LogP contribution in [0.15, 0.2) is 18.2 Å². The Morgan fingerprint density at radius 1 is 1.33 bits per heavy atom. The average Bonchev–Trinajstić information content (AvgIpc) is 2.80. The predicted octanol–water partition coefficient (Wildman–Crippen LogP) is 1.76. The average molecular weight is 265 g/mol. The lowest BCUT2D eigenvalue weighted by Crippen LogP contribution is -2.11. The van der Waals surface area contributed by atoms with Crippen LogP contribution in [0.1, 0.15) is 22.3 Å². The van der Waals surface area contributed by atoms with Gasteiger partial charge in [0, 0.05) is 5.56 Å². The number of aryl methyl sites for hydroxylation is 1. The molecule has 3 N–H and O–H groups in total. The highest BCUT2D eigenvalue weighted by molar-refractivity contribution is 7.15. The van der Waals surface area contributed by atoms with Crippen molar-refractivity contribution in [1.82, 2.24) is 10.2 Å². The van der Waals surface area contributed by atoms with E-state index < -0.39 is 5.91 Å². The van der Waals surface area contributed by atoms with Gasteiger partial charge in [-0.3, -0.25) is 10.1 Å². The number of benzene rings is 1. The van der Waals surface area contributed by atoms with Crippen LogP contribution in [0.3, 0.4) is 0 Å². The first-order chi connectivity index (χ1) is 8.60. The van der Waals surface area contributed by atoms with E-state index in [1.807, 2.05) is 6.92 Å². The summed E-state index contributed by atoms with van der Waals surface area (Å²) in [5, 5.41) is 30.0. The molecule has 1 aromatic carbocycles. The fourth-order valence-electron chi connectivity index (χ4n) is 1.28. The van der Waals surface area contributed by atoms with E-state index >= 15 is 0 Å². The number of anilines is 1. The van der Waals surface area contributed by atoms with Crippen LogP contribution in [0.25, 0.3) is 0 Å². The molecule has 1 aromatic heterocycles. The largest absolute Gasteiger partial charge is 0.504 e. The lowest BCUT2D eigenvalue weighted by Gasteiger charge is -2.02. The first-order valence-corrected chi connectivity index (χ1v) is 6.07. The molecule has 1 heterocycles. The van der Waals surface area contributed by atoms with E-state index in [1.165, 1.54) is 29.5 Å². The highest BCUT2D eigenvalue weighted by atomic mass is 32.1. The lowest BCUT2D eigenvalue weighted by atomic mass is 10.2. The normalized spacial score (nSPS) is 10.3. The Bertz CT molecular complexity index is 583. The molecule has 0 atom stereocenters. The summed E-state index contributed by atoms with van der Waals surface area (Å²) in [4.78, 5) is 11.8. The molecule has 0 spiro atoms. The minimum absolute atomic E-state index is 0.235. The molecular weight excluding hydrogens is 254 g/mol. The Morgan fingerprint density at radius 2 is 2.11 bits per heavy atom. The lowest BCUT2D eigenvalue weighted by molar-refractivity contribution is 0.102. The molecule has 0 saturated carbocycles. The molecule has 2 aromatic rings. The number of rotatable bonds is 3. The highest BCUT2D eigenvalue weighted by Crippen LogP contribution is 2.25. The van der Waals surface area contributed by atoms with E-state index in [2.05, 4.69) is 15.5 Å². The van der Waals surface area contributed by atoms with Gasteiger partial charge in [-0.2, -0.15) is 0 Å². The number of aromatic nitrogens is 2. The zero-order valence-electron chi connectivity index (χ0n) is 9.54. The smallest absolute Gasteiger partial charge is 0.257 e. The van der Waals surface area contributed by atoms with Crippen LogP contribution in [-0.2, 0) is 6.42 Å². The second-order valence-electron chi connectivity index (χ2n) is 3.51. The Kier molecular flexibility index (Phi) is 3.42. The summed E-state index contributed by atoms with van der Waals surface area (Å²) in [6.45, 7) is 1.95. The maximum atomic E-state index is 11.8. The number of carbonyl (C=O) groups is 1. The molecule has 0 unspecified atom stereocenters. The van der Waals surface area contributed by atoms with Crippen LogP contribution < -0.4 is 5.32 Å². The van der Waals surface area contributed by atoms with Gasteiger partial charge < -0.3 is 10.2 Å². The van der Waals surface area contributed by atoms with Crippen molar-refractivity contribution in [3.8, 4) is 11.5 Å². The predicted molar refractivity (Wildman–Crippen MR) is 67.0 cm³/mol. The number of hydrogen-bond acceptors (Lipinski definition) is 6. The summed E-state index contributed by atoms with van der Waals surface area (Å²) in [5.74, 6) is -1.02. The molecule has 0 aliphatic carbocycles. The van der Waals surface area contributed by atoms with Gasteiger partial charge in [-0.15, -0.1) is 10.2 Å². The van der Waals surface area contributed by atoms with Gasteiger partial charge in [0.05, 0.1) is 0 Å². The fourth-order valence-corrected chi connectivity index (χ4v) is 1.96. The van der Waals surface area contributed by atoms with Gasteiger partial charge in [0.2, 0.25) is 5.13 Å². The number of hydrogen-bond donors (Lipinski definition) is 3. The topological polar surface area (TPSA) is 95.3 Å². The zero-order chi connectivity index (χ0) is 13.1. The molecule has 2 rings (SSSR count). The van der Waals surface area contributed by atoms with E-state index in [9.17, 15) is 9.90 Å². The molecule has 0 fully saturated rings. The standard InChI is InChI=1S/C11H11N3O3S/c1-2-9-13-14-11(18-9)12-10(17)6-3-4-7(15)8(16)5-6/h3-5,15-16H,2H2,1H3,(H,12,14,17). The molecule has 94 valence electrons. The Labute approximate surface area is 107 Å². The third-order valence-corrected chi connectivity index (χ3v) is 3.21. The summed E-state index contributed by atoms with van der Waals surface area (Å²) in [6.07, 6.45) is 0.757. The monoisotopic (exact) mass is 265 g/mol. The minimum Gasteiger partial charge on any atom is -0.504 e. The SMILES string of the molecule is CCc1nnc(NC(=O)c2ccc(O)c(O)c2)s1. The van der Waals surface area contributed by atoms with Gasteiger partial charge in [-0.05, 0) is 24.6 Å². The van der Waals surface area contributed by atoms with Gasteiger partial charge >= 0.3 is 0 Å². The number of nitrogens with one attached hydrogen (secondary N) is 1. The van der Waals surface area contributed by atoms with Crippen molar-refractivity contribution in [1.29, 1.82) is 0 Å². The molecule has 1 amide bonds. The van der Waals surface area contributed by atoms with Crippen molar-refractivity contribution in [3.05, 3.63) is 28.8 Å². The molecule has 18 heavy (non-hydrogen) atoms. The Morgan fingerprint density at radius 3 is 2.72 bits per heavy atom. The van der Waals surface area contributed by atoms with E-state index in [1.54, 1.807) is 0 Å². The summed E-state index contributed by atoms with van der Waals surface area (Å²) in [5.41, 5.74) is 0.235. The number of phenolic OH excluding ortho intramolecular Hbond substituents is 2. The van der Waals surface area contributed by atoms with Crippen molar-refractivity contribution < 1.29 is 15.0 Å². The fraction of sp³-hybridized carbons (Fsp3) is 0.182. The van der Waals surface area contributed by atoms with Gasteiger partial charge in [-0.25, -0.2) is 0 Å². The van der Waals surface area contributed by atoms with E-state index in [-0.39, 0.29) is 17.1 Å². The van der Waals surface area contributed by atoms with Crippen LogP contribution >= 0.6 is 11.3 Å². The summed E-state index contributed by atoms with van der Waals surface area (Å²) in [6, 6.07) is 3.85. The number of aromatic hydroxyl groups is 2. The number of nitrogens with zero attached hydrogens (tertiary/aromatic N) is 2. The van der Waals surface area contributed by atoms with Crippen LogP contribution in [-0.4, -0.2) is 26.3 Å². The summed E-state index contributed by atoms with van der Waals surface area (Å²) >= 11 is 1.30. The van der Waals surface area contributed by atoms with E-state index in [0.717, 1.165) is 11.4 Å². The van der Waals surface area contributed by atoms with Gasteiger partial charge in [0.25, 0.3) is 5.91 Å². The van der Waals surface area contributed by atoms with Crippen LogP contribution in [0.5, 0.6) is 11.5 Å². The first-order valence-electron chi connectivity index (χ1n) is 5.26. The van der Waals surface area contributed by atoms with Crippen LogP contribution in [0.4, 0.5) is 5.13 Å². The van der Waals surface area contributed by atoms with Crippen LogP contribution in [0.2, 0.25) is 0 Å².